The fourth-order valence-electron chi connectivity index (χ4n) is 2.81. The van der Waals surface area contributed by atoms with Gasteiger partial charge in [-0.3, -0.25) is 19.2 Å². The molecule has 1 rings (SSSR count). The van der Waals surface area contributed by atoms with E-state index in [1.165, 1.54) is 13.0 Å². The standard InChI is InChI=1S/C18H26N2O10/c1-8(21)20-15-12(19)6-13(18(25)26-5)30-17(15)16(29-11(4)24)14(28-10(3)23)7-27-9(2)22/h6,12,14-17H,7,19H2,1-5H3,(H,20,21)/t12-,14+,15+,16+,17?/m0/s1. The lowest BCUT2D eigenvalue weighted by Crippen LogP contribution is -2.63. The van der Waals surface area contributed by atoms with Gasteiger partial charge in [0, 0.05) is 27.7 Å². The summed E-state index contributed by atoms with van der Waals surface area (Å²) < 4.78 is 25.6. The summed E-state index contributed by atoms with van der Waals surface area (Å²) >= 11 is 0. The Morgan fingerprint density at radius 3 is 2.13 bits per heavy atom. The highest BCUT2D eigenvalue weighted by atomic mass is 16.6. The van der Waals surface area contributed by atoms with Crippen LogP contribution in [0.4, 0.5) is 0 Å². The monoisotopic (exact) mass is 430 g/mol. The predicted molar refractivity (Wildman–Crippen MR) is 98.3 cm³/mol. The van der Waals surface area contributed by atoms with E-state index >= 15 is 0 Å². The summed E-state index contributed by atoms with van der Waals surface area (Å²) in [4.78, 5) is 58.3. The lowest BCUT2D eigenvalue weighted by Gasteiger charge is -2.40. The molecule has 3 N–H and O–H groups in total. The van der Waals surface area contributed by atoms with Crippen molar-refractivity contribution in [2.45, 2.75) is 58.1 Å². The van der Waals surface area contributed by atoms with E-state index in [0.29, 0.717) is 0 Å². The molecule has 0 aromatic carbocycles. The Kier molecular flexibility index (Phi) is 9.24. The number of methoxy groups -OCH3 is 1. The number of hydrogen-bond acceptors (Lipinski definition) is 11. The van der Waals surface area contributed by atoms with Crippen molar-refractivity contribution < 1.29 is 47.7 Å². The topological polar surface area (TPSA) is 170 Å². The SMILES string of the molecule is COC(=O)C1=C[C@H](N)[C@@H](NC(C)=O)C([C@H](OC(C)=O)[C@@H](COC(C)=O)OC(C)=O)O1. The number of nitrogens with two attached hydrogens (primary N) is 1. The normalized spacial score (nSPS) is 22.3. The van der Waals surface area contributed by atoms with Crippen LogP contribution in [-0.2, 0) is 47.7 Å². The first-order valence-electron chi connectivity index (χ1n) is 8.93. The van der Waals surface area contributed by atoms with Gasteiger partial charge >= 0.3 is 23.9 Å². The summed E-state index contributed by atoms with van der Waals surface area (Å²) in [5.41, 5.74) is 6.08. The molecule has 1 aliphatic heterocycles. The first-order chi connectivity index (χ1) is 14.0. The van der Waals surface area contributed by atoms with Crippen molar-refractivity contribution in [3.8, 4) is 0 Å². The molecule has 1 unspecified atom stereocenters. The number of amides is 1. The van der Waals surface area contributed by atoms with Gasteiger partial charge in [0.2, 0.25) is 11.7 Å². The zero-order valence-electron chi connectivity index (χ0n) is 17.3. The quantitative estimate of drug-likeness (QED) is 0.346. The average Bonchev–Trinajstić information content (AvgIpc) is 2.63. The molecule has 12 nitrogen and oxygen atoms in total. The number of ether oxygens (including phenoxy) is 5. The Balaban J connectivity index is 3.41. The minimum atomic E-state index is -1.40. The third-order valence-corrected chi connectivity index (χ3v) is 3.89. The van der Waals surface area contributed by atoms with Crippen LogP contribution in [0.25, 0.3) is 0 Å². The van der Waals surface area contributed by atoms with Crippen molar-refractivity contribution in [3.05, 3.63) is 11.8 Å². The lowest BCUT2D eigenvalue weighted by molar-refractivity contribution is -0.187. The molecule has 1 amide bonds. The lowest BCUT2D eigenvalue weighted by atomic mass is 9.92. The van der Waals surface area contributed by atoms with E-state index in [0.717, 1.165) is 27.9 Å². The molecule has 0 spiro atoms. The van der Waals surface area contributed by atoms with Crippen molar-refractivity contribution in [3.63, 3.8) is 0 Å². The van der Waals surface area contributed by atoms with Crippen LogP contribution in [0.5, 0.6) is 0 Å². The smallest absolute Gasteiger partial charge is 0.373 e. The van der Waals surface area contributed by atoms with Crippen molar-refractivity contribution in [2.24, 2.45) is 5.73 Å². The van der Waals surface area contributed by atoms with E-state index in [1.54, 1.807) is 0 Å². The molecule has 30 heavy (non-hydrogen) atoms. The van der Waals surface area contributed by atoms with Crippen molar-refractivity contribution in [1.82, 2.24) is 5.32 Å². The molecule has 0 saturated heterocycles. The first-order valence-corrected chi connectivity index (χ1v) is 8.93. The number of esters is 4. The summed E-state index contributed by atoms with van der Waals surface area (Å²) in [7, 11) is 1.12. The van der Waals surface area contributed by atoms with Gasteiger partial charge in [-0.2, -0.15) is 0 Å². The van der Waals surface area contributed by atoms with E-state index in [-0.39, 0.29) is 5.76 Å². The van der Waals surface area contributed by atoms with Crippen LogP contribution in [0, 0.1) is 0 Å². The van der Waals surface area contributed by atoms with Gasteiger partial charge in [-0.1, -0.05) is 0 Å². The van der Waals surface area contributed by atoms with Gasteiger partial charge in [-0.25, -0.2) is 4.79 Å². The maximum Gasteiger partial charge on any atom is 0.373 e. The molecular weight excluding hydrogens is 404 g/mol. The van der Waals surface area contributed by atoms with Gasteiger partial charge in [0.05, 0.1) is 19.2 Å². The van der Waals surface area contributed by atoms with Crippen LogP contribution in [0.1, 0.15) is 27.7 Å². The van der Waals surface area contributed by atoms with Gasteiger partial charge in [-0.05, 0) is 6.08 Å². The average molecular weight is 430 g/mol. The minimum absolute atomic E-state index is 0.289. The predicted octanol–water partition coefficient (Wildman–Crippen LogP) is -1.30. The maximum absolute atomic E-state index is 12.0. The van der Waals surface area contributed by atoms with E-state index in [2.05, 4.69) is 10.1 Å². The number of carbonyl (C=O) groups excluding carboxylic acids is 5. The molecule has 5 atom stereocenters. The molecule has 12 heteroatoms. The Morgan fingerprint density at radius 2 is 1.67 bits per heavy atom. The number of hydrogen-bond donors (Lipinski definition) is 2. The van der Waals surface area contributed by atoms with Crippen molar-refractivity contribution in [1.29, 1.82) is 0 Å². The van der Waals surface area contributed by atoms with Gasteiger partial charge < -0.3 is 34.7 Å². The molecule has 1 aliphatic rings. The minimum Gasteiger partial charge on any atom is -0.477 e. The third kappa shape index (κ3) is 7.35. The van der Waals surface area contributed by atoms with Gasteiger partial charge in [-0.15, -0.1) is 0 Å². The molecule has 0 saturated carbocycles. The van der Waals surface area contributed by atoms with Crippen molar-refractivity contribution in [2.75, 3.05) is 13.7 Å². The molecule has 0 radical (unpaired) electrons. The van der Waals surface area contributed by atoms with Crippen LogP contribution in [0.3, 0.4) is 0 Å². The number of carbonyl (C=O) groups is 5. The fraction of sp³-hybridized carbons (Fsp3) is 0.611. The number of rotatable bonds is 8. The Hall–Kier alpha value is -3.15. The molecule has 0 aromatic rings. The molecular formula is C18H26N2O10. The van der Waals surface area contributed by atoms with E-state index in [4.69, 9.17) is 24.7 Å². The number of nitrogens with one attached hydrogen (secondary N) is 1. The molecule has 0 bridgehead atoms. The summed E-state index contributed by atoms with van der Waals surface area (Å²) in [6.45, 7) is 4.08. The zero-order valence-corrected chi connectivity index (χ0v) is 17.3. The second-order valence-electron chi connectivity index (χ2n) is 6.43. The van der Waals surface area contributed by atoms with Crippen LogP contribution in [0.15, 0.2) is 11.8 Å². The first kappa shape index (κ1) is 24.9. The Labute approximate surface area is 173 Å². The second-order valence-corrected chi connectivity index (χ2v) is 6.43. The van der Waals surface area contributed by atoms with Crippen molar-refractivity contribution >= 4 is 29.8 Å². The Morgan fingerprint density at radius 1 is 1.07 bits per heavy atom. The van der Waals surface area contributed by atoms with E-state index in [9.17, 15) is 24.0 Å². The zero-order chi connectivity index (χ0) is 23.0. The van der Waals surface area contributed by atoms with Gasteiger partial charge in [0.25, 0.3) is 0 Å². The molecule has 168 valence electrons. The molecule has 0 aliphatic carbocycles. The maximum atomic E-state index is 12.0. The van der Waals surface area contributed by atoms with Crippen LogP contribution >= 0.6 is 0 Å². The summed E-state index contributed by atoms with van der Waals surface area (Å²) in [6, 6.07) is -1.94. The highest BCUT2D eigenvalue weighted by Crippen LogP contribution is 2.26. The summed E-state index contributed by atoms with van der Waals surface area (Å²) in [5.74, 6) is -3.85. The fourth-order valence-corrected chi connectivity index (χ4v) is 2.81. The highest BCUT2D eigenvalue weighted by molar-refractivity contribution is 5.86. The highest BCUT2D eigenvalue weighted by Gasteiger charge is 2.47. The van der Waals surface area contributed by atoms with Crippen LogP contribution in [-0.4, -0.2) is 73.9 Å². The van der Waals surface area contributed by atoms with Gasteiger partial charge in [0.1, 0.15) is 6.61 Å². The Bertz CT molecular complexity index is 720. The van der Waals surface area contributed by atoms with E-state index in [1.807, 2.05) is 0 Å². The van der Waals surface area contributed by atoms with E-state index < -0.39 is 66.8 Å². The molecule has 0 aromatic heterocycles. The largest absolute Gasteiger partial charge is 0.477 e. The van der Waals surface area contributed by atoms with Crippen LogP contribution < -0.4 is 11.1 Å². The molecule has 0 fully saturated rings. The molecule has 1 heterocycles. The summed E-state index contributed by atoms with van der Waals surface area (Å²) in [6.07, 6.45) is -2.77. The van der Waals surface area contributed by atoms with Gasteiger partial charge in [0.15, 0.2) is 18.3 Å². The third-order valence-electron chi connectivity index (χ3n) is 3.89. The van der Waals surface area contributed by atoms with Crippen LogP contribution in [0.2, 0.25) is 0 Å². The summed E-state index contributed by atoms with van der Waals surface area (Å²) in [5, 5.41) is 2.56. The second kappa shape index (κ2) is 11.1.